The topological polar surface area (TPSA) is 75.5 Å². The zero-order valence-electron chi connectivity index (χ0n) is 14.8. The lowest BCUT2D eigenvalue weighted by Gasteiger charge is -2.06. The predicted molar refractivity (Wildman–Crippen MR) is 111 cm³/mol. The van der Waals surface area contributed by atoms with Crippen molar-refractivity contribution in [2.45, 2.75) is 13.0 Å². The number of rotatable bonds is 1. The van der Waals surface area contributed by atoms with E-state index in [9.17, 15) is 0 Å². The first-order valence-corrected chi connectivity index (χ1v) is 8.86. The van der Waals surface area contributed by atoms with Crippen molar-refractivity contribution in [1.82, 2.24) is 0 Å². The molecule has 5 aliphatic rings. The number of hydrogen-bond acceptors (Lipinski definition) is 5. The molecule has 130 valence electrons. The summed E-state index contributed by atoms with van der Waals surface area (Å²) in [7, 11) is 0. The molecular weight excluding hydrogens is 334 g/mol. The Balaban J connectivity index is 1.66. The average molecular weight is 351 g/mol. The molecule has 0 saturated carbocycles. The molecule has 5 rings (SSSR count). The summed E-state index contributed by atoms with van der Waals surface area (Å²) < 4.78 is 0. The number of allylic oxidation sites excluding steroid dienone is 11. The highest BCUT2D eigenvalue weighted by Gasteiger charge is 2.19. The third-order valence-corrected chi connectivity index (χ3v) is 4.56. The Hall–Kier alpha value is -3.44. The molecule has 2 N–H and O–H groups in total. The van der Waals surface area contributed by atoms with Gasteiger partial charge in [0, 0.05) is 6.04 Å². The molecule has 0 radical (unpaired) electrons. The number of hydrogen-bond donors (Lipinski definition) is 1. The highest BCUT2D eigenvalue weighted by Crippen LogP contribution is 2.24. The summed E-state index contributed by atoms with van der Waals surface area (Å²) in [4.78, 5) is 18.6. The molecule has 1 atom stereocenters. The van der Waals surface area contributed by atoms with E-state index in [-0.39, 0.29) is 6.04 Å². The first-order valence-electron chi connectivity index (χ1n) is 8.86. The van der Waals surface area contributed by atoms with Gasteiger partial charge in [-0.15, -0.1) is 0 Å². The van der Waals surface area contributed by atoms with E-state index in [4.69, 9.17) is 10.7 Å². The monoisotopic (exact) mass is 351 g/mol. The van der Waals surface area contributed by atoms with Gasteiger partial charge in [0.1, 0.15) is 0 Å². The second kappa shape index (κ2) is 6.07. The van der Waals surface area contributed by atoms with Gasteiger partial charge < -0.3 is 5.73 Å². The van der Waals surface area contributed by atoms with Crippen LogP contribution in [-0.2, 0) is 0 Å². The molecule has 0 aromatic carbocycles. The third kappa shape index (κ3) is 3.09. The first-order chi connectivity index (χ1) is 13.1. The Morgan fingerprint density at radius 1 is 0.593 bits per heavy atom. The number of nitrogens with two attached hydrogens (primary N) is 1. The summed E-state index contributed by atoms with van der Waals surface area (Å²) >= 11 is 0. The van der Waals surface area contributed by atoms with Gasteiger partial charge in [-0.25, -0.2) is 20.0 Å². The van der Waals surface area contributed by atoms with Gasteiger partial charge in [-0.3, -0.25) is 0 Å². The summed E-state index contributed by atoms with van der Waals surface area (Å²) in [6, 6.07) is -0.114. The van der Waals surface area contributed by atoms with Crippen molar-refractivity contribution in [3.63, 3.8) is 0 Å². The molecule has 5 heterocycles. The largest absolute Gasteiger partial charge is 0.324 e. The van der Waals surface area contributed by atoms with Crippen molar-refractivity contribution in [3.05, 3.63) is 95.2 Å². The van der Waals surface area contributed by atoms with Gasteiger partial charge in [0.25, 0.3) is 0 Å². The van der Waals surface area contributed by atoms with E-state index in [0.29, 0.717) is 0 Å². The lowest BCUT2D eigenvalue weighted by atomic mass is 10.0. The molecule has 0 spiro atoms. The molecule has 0 fully saturated rings. The maximum atomic E-state index is 6.16. The molecule has 5 heteroatoms. The minimum atomic E-state index is -0.114. The lowest BCUT2D eigenvalue weighted by Crippen LogP contribution is -2.21. The minimum Gasteiger partial charge on any atom is -0.324 e. The fourth-order valence-electron chi connectivity index (χ4n) is 3.28. The van der Waals surface area contributed by atoms with Crippen molar-refractivity contribution < 1.29 is 0 Å². The average Bonchev–Trinajstić information content (AvgIpc) is 3.38. The van der Waals surface area contributed by atoms with Crippen LogP contribution >= 0.6 is 0 Å². The van der Waals surface area contributed by atoms with Crippen LogP contribution in [0.5, 0.6) is 0 Å². The normalized spacial score (nSPS) is 23.1. The zero-order chi connectivity index (χ0) is 18.4. The summed E-state index contributed by atoms with van der Waals surface area (Å²) in [6.45, 7) is 1.96. The van der Waals surface area contributed by atoms with Crippen LogP contribution in [0.25, 0.3) is 0 Å². The Kier molecular flexibility index (Phi) is 3.55. The summed E-state index contributed by atoms with van der Waals surface area (Å²) in [5, 5.41) is 0. The fourth-order valence-corrected chi connectivity index (χ4v) is 3.28. The van der Waals surface area contributed by atoms with E-state index in [2.05, 4.69) is 15.0 Å². The van der Waals surface area contributed by atoms with Gasteiger partial charge in [-0.1, -0.05) is 0 Å². The van der Waals surface area contributed by atoms with E-state index < -0.39 is 0 Å². The van der Waals surface area contributed by atoms with E-state index in [0.717, 1.165) is 51.2 Å². The van der Waals surface area contributed by atoms with Gasteiger partial charge in [0.05, 0.1) is 45.6 Å². The highest BCUT2D eigenvalue weighted by atomic mass is 14.8. The molecule has 0 amide bonds. The maximum Gasteiger partial charge on any atom is 0.0706 e. The molecule has 0 saturated heterocycles. The van der Waals surface area contributed by atoms with Crippen molar-refractivity contribution >= 4 is 22.8 Å². The standard InChI is InChI=1S/C22H17N5/c1-13(23)21-11-20-10-18-5-4-16(25-18)8-14-2-3-15(24-14)9-17-6-7-19(26-17)12-22(21)27-20/h2-13H,23H2,1H3. The molecule has 1 unspecified atom stereocenters. The number of fused-ring (bicyclic) bond motifs is 4. The van der Waals surface area contributed by atoms with Crippen LogP contribution in [0.1, 0.15) is 6.92 Å². The van der Waals surface area contributed by atoms with Gasteiger partial charge in [0.15, 0.2) is 0 Å². The van der Waals surface area contributed by atoms with Crippen molar-refractivity contribution in [2.24, 2.45) is 25.7 Å². The number of aliphatic imine (C=N–C) groups is 4. The van der Waals surface area contributed by atoms with Crippen LogP contribution in [0.15, 0.2) is 115 Å². The van der Waals surface area contributed by atoms with Crippen LogP contribution in [-0.4, -0.2) is 28.9 Å². The molecule has 0 aliphatic carbocycles. The fraction of sp³-hybridized carbons (Fsp3) is 0.0909. The quantitative estimate of drug-likeness (QED) is 0.773. The minimum absolute atomic E-state index is 0.114. The van der Waals surface area contributed by atoms with Crippen molar-refractivity contribution in [1.29, 1.82) is 0 Å². The van der Waals surface area contributed by atoms with Crippen LogP contribution < -0.4 is 5.73 Å². The molecule has 27 heavy (non-hydrogen) atoms. The van der Waals surface area contributed by atoms with Crippen molar-refractivity contribution in [3.8, 4) is 0 Å². The number of nitrogens with zero attached hydrogens (tertiary/aromatic N) is 4. The molecule has 5 aliphatic heterocycles. The third-order valence-electron chi connectivity index (χ3n) is 4.56. The lowest BCUT2D eigenvalue weighted by molar-refractivity contribution is 0.900. The molecule has 0 aromatic heterocycles. The van der Waals surface area contributed by atoms with Gasteiger partial charge in [0.2, 0.25) is 0 Å². The van der Waals surface area contributed by atoms with Crippen molar-refractivity contribution in [2.75, 3.05) is 0 Å². The van der Waals surface area contributed by atoms with E-state index in [1.807, 2.05) is 73.8 Å². The maximum absolute atomic E-state index is 6.16. The SMILES string of the molecule is CC(N)C1=CC2=CC3=NC(=CC4=NC(=CC5=NC(=CC1=N2)C=C5)C=C4)C=C3. The van der Waals surface area contributed by atoms with Gasteiger partial charge in [-0.05, 0) is 79.3 Å². The molecule has 5 nitrogen and oxygen atoms in total. The summed E-state index contributed by atoms with van der Waals surface area (Å²) in [6.07, 6.45) is 21.8. The highest BCUT2D eigenvalue weighted by molar-refractivity contribution is 6.16. The van der Waals surface area contributed by atoms with Crippen LogP contribution in [0.2, 0.25) is 0 Å². The molecular formula is C22H17N5. The Morgan fingerprint density at radius 2 is 1.07 bits per heavy atom. The van der Waals surface area contributed by atoms with Crippen LogP contribution in [0.3, 0.4) is 0 Å². The predicted octanol–water partition coefficient (Wildman–Crippen LogP) is 3.30. The van der Waals surface area contributed by atoms with Gasteiger partial charge >= 0.3 is 0 Å². The zero-order valence-corrected chi connectivity index (χ0v) is 14.8. The second-order valence-electron chi connectivity index (χ2n) is 6.77. The van der Waals surface area contributed by atoms with E-state index in [1.165, 1.54) is 0 Å². The Morgan fingerprint density at radius 3 is 1.59 bits per heavy atom. The molecule has 8 bridgehead atoms. The van der Waals surface area contributed by atoms with E-state index >= 15 is 0 Å². The van der Waals surface area contributed by atoms with E-state index in [1.54, 1.807) is 0 Å². The Labute approximate surface area is 157 Å². The molecule has 0 aromatic rings. The van der Waals surface area contributed by atoms with Crippen LogP contribution in [0, 0.1) is 0 Å². The Bertz CT molecular complexity index is 1120. The van der Waals surface area contributed by atoms with Gasteiger partial charge in [-0.2, -0.15) is 0 Å². The van der Waals surface area contributed by atoms with Crippen LogP contribution in [0.4, 0.5) is 0 Å². The summed E-state index contributed by atoms with van der Waals surface area (Å²) in [5.41, 5.74) is 14.1. The smallest absolute Gasteiger partial charge is 0.0706 e. The second-order valence-corrected chi connectivity index (χ2v) is 6.77. The summed E-state index contributed by atoms with van der Waals surface area (Å²) in [5.74, 6) is 0. The first kappa shape index (κ1) is 15.8.